The molecule has 2 fully saturated rings. The lowest BCUT2D eigenvalue weighted by Crippen LogP contribution is -2.35. The van der Waals surface area contributed by atoms with E-state index in [0.29, 0.717) is 30.1 Å². The van der Waals surface area contributed by atoms with Crippen LogP contribution in [0.3, 0.4) is 0 Å². The molecule has 1 aliphatic heterocycles. The number of hydrogen-bond donors (Lipinski definition) is 1. The van der Waals surface area contributed by atoms with Gasteiger partial charge in [0.05, 0.1) is 5.92 Å². The Labute approximate surface area is 134 Å². The van der Waals surface area contributed by atoms with Gasteiger partial charge in [-0.05, 0) is 12.8 Å². The van der Waals surface area contributed by atoms with Gasteiger partial charge >= 0.3 is 0 Å². The fraction of sp³-hybridized carbons (Fsp3) is 0.733. The Bertz CT molecular complexity index is 566. The molecule has 0 unspecified atom stereocenters. The van der Waals surface area contributed by atoms with Gasteiger partial charge in [-0.3, -0.25) is 9.59 Å². The molecule has 1 aromatic heterocycles. The van der Waals surface area contributed by atoms with Gasteiger partial charge in [-0.2, -0.15) is 0 Å². The summed E-state index contributed by atoms with van der Waals surface area (Å²) in [5, 5.41) is 12.3. The first-order chi connectivity index (χ1) is 10.5. The van der Waals surface area contributed by atoms with Crippen LogP contribution in [-0.2, 0) is 9.59 Å². The molecule has 1 saturated heterocycles. The van der Waals surface area contributed by atoms with Crippen molar-refractivity contribution in [2.45, 2.75) is 57.9 Å². The van der Waals surface area contributed by atoms with Gasteiger partial charge < -0.3 is 10.2 Å². The monoisotopic (exact) mass is 322 g/mol. The molecule has 1 aliphatic carbocycles. The van der Waals surface area contributed by atoms with Crippen molar-refractivity contribution in [2.24, 2.45) is 5.92 Å². The zero-order valence-corrected chi connectivity index (χ0v) is 13.9. The van der Waals surface area contributed by atoms with Crippen molar-refractivity contribution >= 4 is 28.3 Å². The zero-order valence-electron chi connectivity index (χ0n) is 13.0. The van der Waals surface area contributed by atoms with Crippen LogP contribution in [0.4, 0.5) is 5.13 Å². The number of amides is 2. The highest BCUT2D eigenvalue weighted by atomic mass is 32.1. The Morgan fingerprint density at radius 2 is 2.05 bits per heavy atom. The number of carbonyl (C=O) groups excluding carboxylic acids is 2. The summed E-state index contributed by atoms with van der Waals surface area (Å²) in [4.78, 5) is 26.4. The third-order valence-electron chi connectivity index (χ3n) is 4.46. The average Bonchev–Trinajstić information content (AvgIpc) is 3.17. The number of aromatic nitrogens is 2. The first-order valence-electron chi connectivity index (χ1n) is 7.98. The van der Waals surface area contributed by atoms with Crippen LogP contribution < -0.4 is 5.32 Å². The minimum Gasteiger partial charge on any atom is -0.339 e. The summed E-state index contributed by atoms with van der Waals surface area (Å²) in [5.74, 6) is 0.0426. The third kappa shape index (κ3) is 3.14. The second-order valence-electron chi connectivity index (χ2n) is 6.47. The maximum Gasteiger partial charge on any atom is 0.231 e. The van der Waals surface area contributed by atoms with E-state index in [2.05, 4.69) is 15.5 Å². The van der Waals surface area contributed by atoms with Crippen LogP contribution in [0.1, 0.15) is 56.9 Å². The molecule has 1 aromatic rings. The van der Waals surface area contributed by atoms with Crippen LogP contribution in [0, 0.1) is 5.92 Å². The molecule has 2 heterocycles. The lowest BCUT2D eigenvalue weighted by atomic mass is 10.1. The molecule has 1 atom stereocenters. The smallest absolute Gasteiger partial charge is 0.231 e. The van der Waals surface area contributed by atoms with Gasteiger partial charge in [0.25, 0.3) is 0 Å². The second kappa shape index (κ2) is 6.32. The van der Waals surface area contributed by atoms with Crippen molar-refractivity contribution in [1.82, 2.24) is 15.1 Å². The van der Waals surface area contributed by atoms with Crippen molar-refractivity contribution in [3.05, 3.63) is 5.01 Å². The summed E-state index contributed by atoms with van der Waals surface area (Å²) in [7, 11) is 0. The molecule has 1 saturated carbocycles. The van der Waals surface area contributed by atoms with Crippen molar-refractivity contribution in [2.75, 3.05) is 11.9 Å². The number of likely N-dealkylation sites (tertiary alicyclic amines) is 1. The fourth-order valence-corrected chi connectivity index (χ4v) is 3.95. The highest BCUT2D eigenvalue weighted by Gasteiger charge is 2.38. The molecule has 2 aliphatic rings. The highest BCUT2D eigenvalue weighted by molar-refractivity contribution is 7.15. The van der Waals surface area contributed by atoms with E-state index < -0.39 is 0 Å². The number of anilines is 1. The maximum absolute atomic E-state index is 12.3. The van der Waals surface area contributed by atoms with E-state index in [0.717, 1.165) is 17.8 Å². The van der Waals surface area contributed by atoms with Gasteiger partial charge in [-0.1, -0.05) is 38.0 Å². The zero-order chi connectivity index (χ0) is 15.7. The van der Waals surface area contributed by atoms with Crippen LogP contribution in [0.5, 0.6) is 0 Å². The van der Waals surface area contributed by atoms with E-state index in [1.165, 1.54) is 24.2 Å². The second-order valence-corrected chi connectivity index (χ2v) is 7.48. The molecular weight excluding hydrogens is 300 g/mol. The number of rotatable bonds is 4. The molecule has 7 heteroatoms. The van der Waals surface area contributed by atoms with Crippen LogP contribution in [-0.4, -0.2) is 39.5 Å². The van der Waals surface area contributed by atoms with Gasteiger partial charge in [0.15, 0.2) is 0 Å². The van der Waals surface area contributed by atoms with Crippen molar-refractivity contribution in [3.8, 4) is 0 Å². The minimum absolute atomic E-state index is 0.111. The van der Waals surface area contributed by atoms with Crippen molar-refractivity contribution in [1.29, 1.82) is 0 Å². The highest BCUT2D eigenvalue weighted by Crippen LogP contribution is 2.30. The molecule has 3 rings (SSSR count). The van der Waals surface area contributed by atoms with Gasteiger partial charge in [0, 0.05) is 24.9 Å². The van der Waals surface area contributed by atoms with E-state index in [1.807, 2.05) is 18.7 Å². The third-order valence-corrected chi connectivity index (χ3v) is 5.60. The Hall–Kier alpha value is -1.50. The van der Waals surface area contributed by atoms with Gasteiger partial charge in [-0.25, -0.2) is 0 Å². The largest absolute Gasteiger partial charge is 0.339 e. The molecule has 1 N–H and O–H groups in total. The van der Waals surface area contributed by atoms with Crippen LogP contribution in [0.15, 0.2) is 0 Å². The number of nitrogens with one attached hydrogen (secondary N) is 1. The molecule has 0 spiro atoms. The van der Waals surface area contributed by atoms with E-state index in [9.17, 15) is 9.59 Å². The van der Waals surface area contributed by atoms with Gasteiger partial charge in [0.1, 0.15) is 5.01 Å². The van der Waals surface area contributed by atoms with Crippen LogP contribution in [0.25, 0.3) is 0 Å². The first-order valence-corrected chi connectivity index (χ1v) is 8.80. The number of hydrogen-bond acceptors (Lipinski definition) is 5. The van der Waals surface area contributed by atoms with Gasteiger partial charge in [-0.15, -0.1) is 10.2 Å². The first kappa shape index (κ1) is 15.4. The molecule has 6 nitrogen and oxygen atoms in total. The normalized spacial score (nSPS) is 22.8. The molecule has 22 heavy (non-hydrogen) atoms. The topological polar surface area (TPSA) is 75.2 Å². The van der Waals surface area contributed by atoms with E-state index in [-0.39, 0.29) is 17.7 Å². The predicted octanol–water partition coefficient (Wildman–Crippen LogP) is 2.39. The summed E-state index contributed by atoms with van der Waals surface area (Å²) in [6, 6.07) is 0.347. The summed E-state index contributed by atoms with van der Waals surface area (Å²) >= 11 is 1.40. The van der Waals surface area contributed by atoms with Gasteiger partial charge in [0.2, 0.25) is 16.9 Å². The lowest BCUT2D eigenvalue weighted by Gasteiger charge is -2.23. The predicted molar refractivity (Wildman–Crippen MR) is 84.7 cm³/mol. The van der Waals surface area contributed by atoms with Crippen molar-refractivity contribution < 1.29 is 9.59 Å². The molecule has 120 valence electrons. The van der Waals surface area contributed by atoms with E-state index in [1.54, 1.807) is 0 Å². The fourth-order valence-electron chi connectivity index (χ4n) is 3.20. The Morgan fingerprint density at radius 3 is 2.68 bits per heavy atom. The number of carbonyl (C=O) groups is 2. The van der Waals surface area contributed by atoms with Crippen LogP contribution in [0.2, 0.25) is 0 Å². The molecule has 0 aromatic carbocycles. The van der Waals surface area contributed by atoms with Crippen LogP contribution >= 0.6 is 11.3 Å². The summed E-state index contributed by atoms with van der Waals surface area (Å²) in [6.45, 7) is 4.63. The molecule has 0 bridgehead atoms. The Kier molecular flexibility index (Phi) is 4.42. The number of nitrogens with zero attached hydrogens (tertiary/aromatic N) is 3. The van der Waals surface area contributed by atoms with E-state index in [4.69, 9.17) is 0 Å². The summed E-state index contributed by atoms with van der Waals surface area (Å²) < 4.78 is 0. The summed E-state index contributed by atoms with van der Waals surface area (Å²) in [6.07, 6.45) is 4.85. The molecular formula is C15H22N4O2S. The minimum atomic E-state index is -0.264. The Balaban J connectivity index is 1.59. The molecule has 2 amide bonds. The summed E-state index contributed by atoms with van der Waals surface area (Å²) in [5.41, 5.74) is 0. The SMILES string of the molecule is CC(C)c1nnc(NC(=O)[C@H]2CC(=O)N(C3CCCC3)C2)s1. The molecule has 0 radical (unpaired) electrons. The average molecular weight is 322 g/mol. The quantitative estimate of drug-likeness (QED) is 0.923. The maximum atomic E-state index is 12.3. The lowest BCUT2D eigenvalue weighted by molar-refractivity contribution is -0.129. The Morgan fingerprint density at radius 1 is 1.32 bits per heavy atom. The standard InChI is InChI=1S/C15H22N4O2S/c1-9(2)14-17-18-15(22-14)16-13(21)10-7-12(20)19(8-10)11-5-3-4-6-11/h9-11H,3-8H2,1-2H3,(H,16,18,21)/t10-/m0/s1. The van der Waals surface area contributed by atoms with E-state index >= 15 is 0 Å². The van der Waals surface area contributed by atoms with Crippen molar-refractivity contribution in [3.63, 3.8) is 0 Å².